The van der Waals surface area contributed by atoms with Gasteiger partial charge < -0.3 is 5.32 Å². The van der Waals surface area contributed by atoms with Crippen molar-refractivity contribution in [3.8, 4) is 0 Å². The first-order valence-corrected chi connectivity index (χ1v) is 7.23. The van der Waals surface area contributed by atoms with Crippen molar-refractivity contribution >= 4 is 23.6 Å². The number of rotatable bonds is 5. The molecule has 1 saturated carbocycles. The number of urea groups is 1. The number of hydrogen-bond donors (Lipinski definition) is 1. The lowest BCUT2D eigenvalue weighted by molar-refractivity contribution is -0.130. The predicted octanol–water partition coefficient (Wildman–Crippen LogP) is 1.19. The maximum Gasteiger partial charge on any atom is 0.350 e. The van der Waals surface area contributed by atoms with Crippen LogP contribution in [-0.2, 0) is 9.59 Å². The molecule has 6 nitrogen and oxygen atoms in total. The van der Waals surface area contributed by atoms with Crippen molar-refractivity contribution in [2.45, 2.75) is 31.7 Å². The maximum absolute atomic E-state index is 12.3. The molecular weight excluding hydrogens is 270 g/mol. The summed E-state index contributed by atoms with van der Waals surface area (Å²) in [7, 11) is 0. The predicted molar refractivity (Wildman–Crippen MR) is 76.7 cm³/mol. The lowest BCUT2D eigenvalue weighted by atomic mass is 9.95. The SMILES string of the molecule is O=C(CCCN1C(=O)N=C2C=CC=CC2C1=O)NC1CC1. The second-order valence-electron chi connectivity index (χ2n) is 5.48. The van der Waals surface area contributed by atoms with Gasteiger partial charge in [0, 0.05) is 19.0 Å². The van der Waals surface area contributed by atoms with Crippen molar-refractivity contribution in [3.63, 3.8) is 0 Å². The Morgan fingerprint density at radius 2 is 2.14 bits per heavy atom. The smallest absolute Gasteiger partial charge is 0.350 e. The summed E-state index contributed by atoms with van der Waals surface area (Å²) in [5.41, 5.74) is 0.496. The second-order valence-corrected chi connectivity index (χ2v) is 5.48. The molecule has 6 heteroatoms. The van der Waals surface area contributed by atoms with Gasteiger partial charge in [-0.25, -0.2) is 4.79 Å². The monoisotopic (exact) mass is 287 g/mol. The highest BCUT2D eigenvalue weighted by molar-refractivity contribution is 6.21. The number of nitrogens with zero attached hydrogens (tertiary/aromatic N) is 2. The summed E-state index contributed by atoms with van der Waals surface area (Å²) < 4.78 is 0. The Kier molecular flexibility index (Phi) is 3.68. The van der Waals surface area contributed by atoms with Crippen molar-refractivity contribution in [2.24, 2.45) is 10.9 Å². The minimum atomic E-state index is -0.534. The van der Waals surface area contributed by atoms with E-state index < -0.39 is 11.9 Å². The van der Waals surface area contributed by atoms with E-state index in [4.69, 9.17) is 0 Å². The van der Waals surface area contributed by atoms with Crippen molar-refractivity contribution in [3.05, 3.63) is 24.3 Å². The van der Waals surface area contributed by atoms with Crippen LogP contribution in [0.4, 0.5) is 4.79 Å². The average molecular weight is 287 g/mol. The van der Waals surface area contributed by atoms with E-state index in [-0.39, 0.29) is 18.4 Å². The van der Waals surface area contributed by atoms with Crippen LogP contribution in [0.1, 0.15) is 25.7 Å². The molecule has 110 valence electrons. The Morgan fingerprint density at radius 3 is 2.90 bits per heavy atom. The third-order valence-corrected chi connectivity index (χ3v) is 3.72. The molecule has 0 bridgehead atoms. The van der Waals surface area contributed by atoms with E-state index in [1.807, 2.05) is 0 Å². The molecule has 1 N–H and O–H groups in total. The summed E-state index contributed by atoms with van der Waals surface area (Å²) >= 11 is 0. The summed E-state index contributed by atoms with van der Waals surface area (Å²) in [6, 6.07) is -0.198. The summed E-state index contributed by atoms with van der Waals surface area (Å²) in [4.78, 5) is 40.8. The van der Waals surface area contributed by atoms with E-state index in [9.17, 15) is 14.4 Å². The number of hydrogen-bond acceptors (Lipinski definition) is 3. The molecule has 0 aromatic carbocycles. The van der Waals surface area contributed by atoms with Crippen LogP contribution < -0.4 is 5.32 Å². The molecule has 3 rings (SSSR count). The van der Waals surface area contributed by atoms with Crippen LogP contribution in [0.5, 0.6) is 0 Å². The van der Waals surface area contributed by atoms with Gasteiger partial charge in [-0.05, 0) is 25.3 Å². The fourth-order valence-electron chi connectivity index (χ4n) is 2.41. The van der Waals surface area contributed by atoms with Crippen LogP contribution >= 0.6 is 0 Å². The number of carbonyl (C=O) groups excluding carboxylic acids is 3. The molecule has 1 fully saturated rings. The van der Waals surface area contributed by atoms with Gasteiger partial charge in [0.25, 0.3) is 0 Å². The van der Waals surface area contributed by atoms with Crippen LogP contribution in [0.25, 0.3) is 0 Å². The van der Waals surface area contributed by atoms with Gasteiger partial charge in [0.15, 0.2) is 0 Å². The molecule has 0 radical (unpaired) electrons. The molecule has 0 spiro atoms. The topological polar surface area (TPSA) is 78.8 Å². The summed E-state index contributed by atoms with van der Waals surface area (Å²) in [6.07, 6.45) is 9.84. The van der Waals surface area contributed by atoms with Crippen molar-refractivity contribution in [2.75, 3.05) is 6.54 Å². The van der Waals surface area contributed by atoms with Gasteiger partial charge in [-0.2, -0.15) is 4.99 Å². The maximum atomic E-state index is 12.3. The zero-order chi connectivity index (χ0) is 14.8. The average Bonchev–Trinajstić information content (AvgIpc) is 3.26. The number of allylic oxidation sites excluding steroid dienone is 3. The Bertz CT molecular complexity index is 573. The molecule has 1 atom stereocenters. The number of carbonyl (C=O) groups is 3. The Balaban J connectivity index is 1.55. The molecule has 1 aliphatic heterocycles. The van der Waals surface area contributed by atoms with Gasteiger partial charge in [0.1, 0.15) is 0 Å². The van der Waals surface area contributed by atoms with E-state index in [2.05, 4.69) is 10.3 Å². The lowest BCUT2D eigenvalue weighted by Crippen LogP contribution is -2.46. The third-order valence-electron chi connectivity index (χ3n) is 3.72. The van der Waals surface area contributed by atoms with Crippen molar-refractivity contribution in [1.29, 1.82) is 0 Å². The fraction of sp³-hybridized carbons (Fsp3) is 0.467. The first-order chi connectivity index (χ1) is 10.1. The Morgan fingerprint density at radius 1 is 1.33 bits per heavy atom. The summed E-state index contributed by atoms with van der Waals surface area (Å²) in [6.45, 7) is 0.237. The van der Waals surface area contributed by atoms with Crippen molar-refractivity contribution in [1.82, 2.24) is 10.2 Å². The molecular formula is C15H17N3O3. The van der Waals surface area contributed by atoms with Gasteiger partial charge in [-0.15, -0.1) is 0 Å². The van der Waals surface area contributed by atoms with E-state index >= 15 is 0 Å². The molecule has 1 unspecified atom stereocenters. The summed E-state index contributed by atoms with van der Waals surface area (Å²) in [5, 5.41) is 2.88. The minimum Gasteiger partial charge on any atom is -0.353 e. The van der Waals surface area contributed by atoms with Crippen LogP contribution in [0, 0.1) is 5.92 Å². The quantitative estimate of drug-likeness (QED) is 0.825. The number of nitrogens with one attached hydrogen (secondary N) is 1. The molecule has 0 aromatic rings. The van der Waals surface area contributed by atoms with Crippen molar-refractivity contribution < 1.29 is 14.4 Å². The second kappa shape index (κ2) is 5.63. The van der Waals surface area contributed by atoms with E-state index in [0.717, 1.165) is 17.7 Å². The molecule has 21 heavy (non-hydrogen) atoms. The standard InChI is InChI=1S/C15H17N3O3/c19-13(16-10-7-8-10)6-3-9-18-14(20)11-4-1-2-5-12(11)17-15(18)21/h1-2,4-5,10-11H,3,6-9H2,(H,16,19). The van der Waals surface area contributed by atoms with E-state index in [0.29, 0.717) is 24.6 Å². The molecule has 3 aliphatic rings. The molecule has 0 aromatic heterocycles. The normalized spacial score (nSPS) is 23.9. The number of fused-ring (bicyclic) bond motifs is 1. The number of imide groups is 1. The highest BCUT2D eigenvalue weighted by Crippen LogP contribution is 2.20. The molecule has 0 saturated heterocycles. The number of amides is 4. The van der Waals surface area contributed by atoms with Gasteiger partial charge in [-0.3, -0.25) is 14.5 Å². The zero-order valence-corrected chi connectivity index (χ0v) is 11.6. The van der Waals surface area contributed by atoms with Crippen LogP contribution in [0.3, 0.4) is 0 Å². The Labute approximate surface area is 122 Å². The lowest BCUT2D eigenvalue weighted by Gasteiger charge is -2.28. The van der Waals surface area contributed by atoms with Gasteiger partial charge in [0.05, 0.1) is 11.6 Å². The first kappa shape index (κ1) is 13.7. The largest absolute Gasteiger partial charge is 0.353 e. The van der Waals surface area contributed by atoms with Gasteiger partial charge in [0.2, 0.25) is 11.8 Å². The van der Waals surface area contributed by atoms with E-state index in [1.165, 1.54) is 0 Å². The van der Waals surface area contributed by atoms with Gasteiger partial charge >= 0.3 is 6.03 Å². The Hall–Kier alpha value is -2.24. The van der Waals surface area contributed by atoms with Crippen LogP contribution in [0.15, 0.2) is 29.3 Å². The third kappa shape index (κ3) is 3.09. The minimum absolute atomic E-state index is 0.0147. The van der Waals surface area contributed by atoms with Crippen LogP contribution in [-0.4, -0.2) is 41.0 Å². The molecule has 1 heterocycles. The zero-order valence-electron chi connectivity index (χ0n) is 11.6. The first-order valence-electron chi connectivity index (χ1n) is 7.23. The highest BCUT2D eigenvalue weighted by atomic mass is 16.2. The van der Waals surface area contributed by atoms with Gasteiger partial charge in [-0.1, -0.05) is 18.2 Å². The number of aliphatic imine (C=N–C) groups is 1. The molecule has 2 aliphatic carbocycles. The van der Waals surface area contributed by atoms with E-state index in [1.54, 1.807) is 24.3 Å². The van der Waals surface area contributed by atoms with Crippen LogP contribution in [0.2, 0.25) is 0 Å². The molecule has 4 amide bonds. The highest BCUT2D eigenvalue weighted by Gasteiger charge is 2.35. The summed E-state index contributed by atoms with van der Waals surface area (Å²) in [5.74, 6) is -0.736. The fourth-order valence-corrected chi connectivity index (χ4v) is 2.41.